The Bertz CT molecular complexity index is 270. The Morgan fingerprint density at radius 2 is 2.19 bits per heavy atom. The molecule has 0 bridgehead atoms. The molecule has 0 aromatic rings. The number of nitrogens with one attached hydrogen (secondary N) is 1. The Kier molecular flexibility index (Phi) is 3.83. The lowest BCUT2D eigenvalue weighted by atomic mass is 9.74. The summed E-state index contributed by atoms with van der Waals surface area (Å²) < 4.78 is 5.04. The molecule has 1 N–H and O–H groups in total. The van der Waals surface area contributed by atoms with Crippen molar-refractivity contribution in [1.82, 2.24) is 5.32 Å². The van der Waals surface area contributed by atoms with Crippen LogP contribution in [0, 0.1) is 23.2 Å². The first kappa shape index (κ1) is 11.9. The Balaban J connectivity index is 1.88. The lowest BCUT2D eigenvalue weighted by Gasteiger charge is -2.36. The molecule has 2 atom stereocenters. The minimum Gasteiger partial charge on any atom is -0.383 e. The van der Waals surface area contributed by atoms with Gasteiger partial charge in [0.25, 0.3) is 0 Å². The van der Waals surface area contributed by atoms with Crippen LogP contribution >= 0.6 is 0 Å². The van der Waals surface area contributed by atoms with E-state index in [1.54, 1.807) is 7.11 Å². The zero-order valence-electron chi connectivity index (χ0n) is 10.2. The number of hydrogen-bond donors (Lipinski definition) is 1. The number of nitriles is 1. The molecular weight excluding hydrogens is 200 g/mol. The van der Waals surface area contributed by atoms with Gasteiger partial charge in [0.15, 0.2) is 0 Å². The maximum Gasteiger partial charge on any atom is 0.107 e. The van der Waals surface area contributed by atoms with Crippen molar-refractivity contribution < 1.29 is 4.74 Å². The highest BCUT2D eigenvalue weighted by Gasteiger charge is 2.41. The quantitative estimate of drug-likeness (QED) is 0.724. The highest BCUT2D eigenvalue weighted by atomic mass is 16.5. The van der Waals surface area contributed by atoms with Crippen molar-refractivity contribution in [2.45, 2.75) is 44.1 Å². The molecule has 0 aromatic carbocycles. The fourth-order valence-corrected chi connectivity index (χ4v) is 2.98. The molecule has 0 saturated heterocycles. The van der Waals surface area contributed by atoms with Gasteiger partial charge in [0.2, 0.25) is 0 Å². The van der Waals surface area contributed by atoms with Crippen LogP contribution in [0.3, 0.4) is 0 Å². The minimum atomic E-state index is -0.260. The van der Waals surface area contributed by atoms with E-state index in [0.29, 0.717) is 6.61 Å². The molecule has 2 aliphatic rings. The second kappa shape index (κ2) is 5.16. The van der Waals surface area contributed by atoms with Crippen LogP contribution in [0.5, 0.6) is 0 Å². The highest BCUT2D eigenvalue weighted by molar-refractivity contribution is 5.11. The van der Waals surface area contributed by atoms with Gasteiger partial charge in [-0.25, -0.2) is 0 Å². The lowest BCUT2D eigenvalue weighted by molar-refractivity contribution is 0.166. The van der Waals surface area contributed by atoms with Gasteiger partial charge in [-0.05, 0) is 43.9 Å². The van der Waals surface area contributed by atoms with E-state index >= 15 is 0 Å². The Hall–Kier alpha value is -0.590. The highest BCUT2D eigenvalue weighted by Crippen LogP contribution is 2.46. The molecule has 3 heteroatoms. The molecular formula is C13H22N2O. The summed E-state index contributed by atoms with van der Waals surface area (Å²) in [5.74, 6) is 1.72. The second-order valence-electron chi connectivity index (χ2n) is 5.31. The van der Waals surface area contributed by atoms with Crippen LogP contribution in [-0.4, -0.2) is 25.8 Å². The molecule has 3 nitrogen and oxygen atoms in total. The fourth-order valence-electron chi connectivity index (χ4n) is 2.98. The predicted octanol–water partition coefficient (Wildman–Crippen LogP) is 2.08. The summed E-state index contributed by atoms with van der Waals surface area (Å²) in [5, 5.41) is 12.8. The van der Waals surface area contributed by atoms with Crippen molar-refractivity contribution >= 4 is 0 Å². The van der Waals surface area contributed by atoms with Gasteiger partial charge in [0.05, 0.1) is 12.7 Å². The van der Waals surface area contributed by atoms with Crippen molar-refractivity contribution in [2.24, 2.45) is 11.8 Å². The van der Waals surface area contributed by atoms with E-state index in [4.69, 9.17) is 4.74 Å². The van der Waals surface area contributed by atoms with E-state index in [1.165, 1.54) is 25.7 Å². The fraction of sp³-hybridized carbons (Fsp3) is 0.923. The van der Waals surface area contributed by atoms with Crippen molar-refractivity contribution in [1.29, 1.82) is 5.26 Å². The number of nitrogens with zero attached hydrogens (tertiary/aromatic N) is 1. The summed E-state index contributed by atoms with van der Waals surface area (Å²) in [7, 11) is 1.70. The van der Waals surface area contributed by atoms with Crippen molar-refractivity contribution in [3.8, 4) is 6.07 Å². The van der Waals surface area contributed by atoms with E-state index in [1.807, 2.05) is 0 Å². The third-order valence-corrected chi connectivity index (χ3v) is 4.06. The first-order valence-electron chi connectivity index (χ1n) is 6.45. The van der Waals surface area contributed by atoms with Gasteiger partial charge in [-0.2, -0.15) is 5.26 Å². The number of rotatable bonds is 5. The van der Waals surface area contributed by atoms with Gasteiger partial charge < -0.3 is 4.74 Å². The van der Waals surface area contributed by atoms with Gasteiger partial charge in [0, 0.05) is 13.7 Å². The zero-order valence-corrected chi connectivity index (χ0v) is 10.2. The van der Waals surface area contributed by atoms with Crippen LogP contribution in [0.25, 0.3) is 0 Å². The summed E-state index contributed by atoms with van der Waals surface area (Å²) in [5.41, 5.74) is -0.260. The smallest absolute Gasteiger partial charge is 0.107 e. The standard InChI is InChI=1S/C13H22N2O/c1-16-8-7-15-13(10-14)6-2-3-12(9-13)11-4-5-11/h11-12,15H,2-9H2,1H3. The van der Waals surface area contributed by atoms with Crippen LogP contribution in [0.15, 0.2) is 0 Å². The maximum atomic E-state index is 9.41. The van der Waals surface area contributed by atoms with E-state index in [-0.39, 0.29) is 5.54 Å². The molecule has 2 saturated carbocycles. The van der Waals surface area contributed by atoms with Crippen molar-refractivity contribution in [2.75, 3.05) is 20.3 Å². The van der Waals surface area contributed by atoms with E-state index in [0.717, 1.165) is 31.2 Å². The first-order valence-corrected chi connectivity index (χ1v) is 6.45. The Morgan fingerprint density at radius 1 is 1.38 bits per heavy atom. The number of methoxy groups -OCH3 is 1. The molecule has 0 radical (unpaired) electrons. The summed E-state index contributed by atoms with van der Waals surface area (Å²) in [6, 6.07) is 2.52. The summed E-state index contributed by atoms with van der Waals surface area (Å²) in [6.07, 6.45) is 7.39. The molecule has 2 rings (SSSR count). The normalized spacial score (nSPS) is 34.6. The molecule has 0 aliphatic heterocycles. The lowest BCUT2D eigenvalue weighted by Crippen LogP contribution is -2.49. The number of ether oxygens (including phenoxy) is 1. The van der Waals surface area contributed by atoms with E-state index in [9.17, 15) is 5.26 Å². The minimum absolute atomic E-state index is 0.260. The molecule has 2 fully saturated rings. The monoisotopic (exact) mass is 222 g/mol. The van der Waals surface area contributed by atoms with Gasteiger partial charge >= 0.3 is 0 Å². The summed E-state index contributed by atoms with van der Waals surface area (Å²) in [4.78, 5) is 0. The number of hydrogen-bond acceptors (Lipinski definition) is 3. The SMILES string of the molecule is COCCNC1(C#N)CCCC(C2CC2)C1. The van der Waals surface area contributed by atoms with Crippen LogP contribution in [0.1, 0.15) is 38.5 Å². The van der Waals surface area contributed by atoms with Crippen molar-refractivity contribution in [3.63, 3.8) is 0 Å². The average molecular weight is 222 g/mol. The van der Waals surface area contributed by atoms with Gasteiger partial charge in [-0.15, -0.1) is 0 Å². The summed E-state index contributed by atoms with van der Waals surface area (Å²) >= 11 is 0. The average Bonchev–Trinajstić information content (AvgIpc) is 3.14. The van der Waals surface area contributed by atoms with Crippen LogP contribution in [0.2, 0.25) is 0 Å². The van der Waals surface area contributed by atoms with Crippen LogP contribution in [-0.2, 0) is 4.74 Å². The first-order chi connectivity index (χ1) is 7.79. The Labute approximate surface area is 98.2 Å². The molecule has 0 spiro atoms. The molecule has 16 heavy (non-hydrogen) atoms. The third-order valence-electron chi connectivity index (χ3n) is 4.06. The van der Waals surface area contributed by atoms with Gasteiger partial charge in [-0.1, -0.05) is 6.42 Å². The molecule has 2 aliphatic carbocycles. The molecule has 0 aromatic heterocycles. The maximum absolute atomic E-state index is 9.41. The van der Waals surface area contributed by atoms with E-state index in [2.05, 4.69) is 11.4 Å². The summed E-state index contributed by atoms with van der Waals surface area (Å²) in [6.45, 7) is 1.49. The van der Waals surface area contributed by atoms with Crippen LogP contribution < -0.4 is 5.32 Å². The molecule has 0 amide bonds. The second-order valence-corrected chi connectivity index (χ2v) is 5.31. The topological polar surface area (TPSA) is 45.0 Å². The Morgan fingerprint density at radius 3 is 2.81 bits per heavy atom. The van der Waals surface area contributed by atoms with Crippen molar-refractivity contribution in [3.05, 3.63) is 0 Å². The van der Waals surface area contributed by atoms with E-state index < -0.39 is 0 Å². The third kappa shape index (κ3) is 2.75. The van der Waals surface area contributed by atoms with Gasteiger partial charge in [-0.3, -0.25) is 5.32 Å². The van der Waals surface area contributed by atoms with Crippen LogP contribution in [0.4, 0.5) is 0 Å². The largest absolute Gasteiger partial charge is 0.383 e. The zero-order chi connectivity index (χ0) is 11.4. The molecule has 0 heterocycles. The predicted molar refractivity (Wildman–Crippen MR) is 62.9 cm³/mol. The molecule has 90 valence electrons. The molecule has 2 unspecified atom stereocenters. The van der Waals surface area contributed by atoms with Gasteiger partial charge in [0.1, 0.15) is 5.54 Å².